The van der Waals surface area contributed by atoms with Crippen LogP contribution in [0.25, 0.3) is 10.2 Å². The lowest BCUT2D eigenvalue weighted by molar-refractivity contribution is -0.120. The van der Waals surface area contributed by atoms with Gasteiger partial charge in [-0.2, -0.15) is 0 Å². The summed E-state index contributed by atoms with van der Waals surface area (Å²) in [7, 11) is 0. The van der Waals surface area contributed by atoms with E-state index in [9.17, 15) is 9.59 Å². The van der Waals surface area contributed by atoms with Crippen LogP contribution in [0.2, 0.25) is 0 Å². The van der Waals surface area contributed by atoms with E-state index >= 15 is 0 Å². The van der Waals surface area contributed by atoms with Gasteiger partial charge in [-0.15, -0.1) is 11.3 Å². The Balaban J connectivity index is 1.41. The van der Waals surface area contributed by atoms with Gasteiger partial charge in [-0.05, 0) is 62.3 Å². The number of aryl methyl sites for hydroxylation is 1. The van der Waals surface area contributed by atoms with Crippen LogP contribution in [0.4, 0.5) is 4.79 Å². The Hall–Kier alpha value is -2.22. The predicted octanol–water partition coefficient (Wildman–Crippen LogP) is 3.67. The van der Waals surface area contributed by atoms with E-state index in [1.165, 1.54) is 29.7 Å². The second-order valence-electron chi connectivity index (χ2n) is 8.45. The number of ether oxygens (including phenoxy) is 1. The number of thiophene rings is 1. The highest BCUT2D eigenvalue weighted by Gasteiger charge is 2.37. The summed E-state index contributed by atoms with van der Waals surface area (Å²) in [5, 5.41) is 6.09. The molecular formula is C21H26N4O3S. The molecule has 3 aliphatic rings. The third kappa shape index (κ3) is 3.47. The minimum Gasteiger partial charge on any atom is -0.474 e. The number of hydrogen-bond donors (Lipinski definition) is 2. The average molecular weight is 415 g/mol. The zero-order valence-corrected chi connectivity index (χ0v) is 17.4. The van der Waals surface area contributed by atoms with Crippen molar-refractivity contribution in [1.82, 2.24) is 20.6 Å². The van der Waals surface area contributed by atoms with Crippen LogP contribution in [0.3, 0.4) is 0 Å². The zero-order chi connectivity index (χ0) is 20.0. The number of carbonyl (C=O) groups is 2. The predicted molar refractivity (Wildman–Crippen MR) is 110 cm³/mol. The van der Waals surface area contributed by atoms with Gasteiger partial charge >= 0.3 is 6.03 Å². The Morgan fingerprint density at radius 2 is 2.00 bits per heavy atom. The van der Waals surface area contributed by atoms with Gasteiger partial charge in [0.1, 0.15) is 23.3 Å². The molecule has 1 aliphatic heterocycles. The number of urea groups is 1. The molecule has 29 heavy (non-hydrogen) atoms. The molecule has 2 fully saturated rings. The van der Waals surface area contributed by atoms with Crippen LogP contribution in [0.15, 0.2) is 6.33 Å². The van der Waals surface area contributed by atoms with E-state index in [0.29, 0.717) is 12.3 Å². The normalized spacial score (nSPS) is 29.0. The van der Waals surface area contributed by atoms with Crippen LogP contribution in [-0.4, -0.2) is 34.1 Å². The molecule has 2 aromatic rings. The molecule has 0 spiro atoms. The maximum Gasteiger partial charge on any atom is 0.322 e. The fourth-order valence-corrected chi connectivity index (χ4v) is 6.32. The first-order valence-electron chi connectivity index (χ1n) is 10.7. The molecule has 8 heteroatoms. The molecule has 0 unspecified atom stereocenters. The van der Waals surface area contributed by atoms with E-state index in [0.717, 1.165) is 41.8 Å². The summed E-state index contributed by atoms with van der Waals surface area (Å²) < 4.78 is 6.41. The molecule has 3 heterocycles. The maximum absolute atomic E-state index is 12.0. The molecule has 2 atom stereocenters. The van der Waals surface area contributed by atoms with E-state index in [1.807, 2.05) is 0 Å². The highest BCUT2D eigenvalue weighted by atomic mass is 32.1. The fourth-order valence-electron chi connectivity index (χ4n) is 5.09. The van der Waals surface area contributed by atoms with Crippen molar-refractivity contribution in [1.29, 1.82) is 0 Å². The standard InChI is InChI=1S/C21H26N4O3S/c1-2-11-3-6-13(7-4-11)28-19-17-16-12(9-14-18(26)25-21(27)24-14)5-8-15(16)29-20(17)23-10-22-19/h10-14H,2-9H2,1H3,(H2,24,25,26,27)/t11?,12-,13?,14-/m1/s1. The second kappa shape index (κ2) is 7.55. The number of amides is 3. The van der Waals surface area contributed by atoms with Crippen molar-refractivity contribution < 1.29 is 14.3 Å². The molecule has 5 rings (SSSR count). The van der Waals surface area contributed by atoms with Gasteiger partial charge in [0.15, 0.2) is 0 Å². The number of nitrogens with zero attached hydrogens (tertiary/aromatic N) is 2. The number of carbonyl (C=O) groups excluding carboxylic acids is 2. The van der Waals surface area contributed by atoms with Gasteiger partial charge in [0.05, 0.1) is 5.39 Å². The molecule has 7 nitrogen and oxygen atoms in total. The van der Waals surface area contributed by atoms with Crippen molar-refractivity contribution in [2.24, 2.45) is 5.92 Å². The van der Waals surface area contributed by atoms with Crippen molar-refractivity contribution in [3.05, 3.63) is 16.8 Å². The summed E-state index contributed by atoms with van der Waals surface area (Å²) in [6.45, 7) is 2.27. The Labute approximate surface area is 173 Å². The number of hydrogen-bond acceptors (Lipinski definition) is 6. The van der Waals surface area contributed by atoms with Gasteiger partial charge in [-0.3, -0.25) is 10.1 Å². The molecule has 2 N–H and O–H groups in total. The molecule has 0 bridgehead atoms. The summed E-state index contributed by atoms with van der Waals surface area (Å²) in [6, 6.07) is -0.866. The molecule has 1 saturated heterocycles. The van der Waals surface area contributed by atoms with Gasteiger partial charge in [-0.1, -0.05) is 13.3 Å². The van der Waals surface area contributed by atoms with Gasteiger partial charge < -0.3 is 10.1 Å². The summed E-state index contributed by atoms with van der Waals surface area (Å²) in [6.07, 6.45) is 10.2. The first kappa shape index (κ1) is 18.8. The van der Waals surface area contributed by atoms with Crippen LogP contribution in [0, 0.1) is 5.92 Å². The molecule has 0 radical (unpaired) electrons. The first-order chi connectivity index (χ1) is 14.1. The van der Waals surface area contributed by atoms with Crippen molar-refractivity contribution in [2.75, 3.05) is 0 Å². The monoisotopic (exact) mass is 414 g/mol. The molecule has 3 amide bonds. The van der Waals surface area contributed by atoms with Crippen molar-refractivity contribution in [3.63, 3.8) is 0 Å². The van der Waals surface area contributed by atoms with E-state index < -0.39 is 12.1 Å². The topological polar surface area (TPSA) is 93.2 Å². The zero-order valence-electron chi connectivity index (χ0n) is 16.6. The third-order valence-electron chi connectivity index (χ3n) is 6.72. The third-order valence-corrected chi connectivity index (χ3v) is 7.90. The van der Waals surface area contributed by atoms with E-state index in [1.54, 1.807) is 17.7 Å². The molecular weight excluding hydrogens is 388 g/mol. The van der Waals surface area contributed by atoms with E-state index in [4.69, 9.17) is 4.74 Å². The van der Waals surface area contributed by atoms with Crippen LogP contribution in [0.1, 0.15) is 68.2 Å². The number of nitrogens with one attached hydrogen (secondary N) is 2. The number of imide groups is 1. The number of aromatic nitrogens is 2. The van der Waals surface area contributed by atoms with E-state index in [-0.39, 0.29) is 17.9 Å². The van der Waals surface area contributed by atoms with Crippen LogP contribution in [0.5, 0.6) is 5.88 Å². The smallest absolute Gasteiger partial charge is 0.322 e. The molecule has 2 aromatic heterocycles. The van der Waals surface area contributed by atoms with Crippen LogP contribution in [-0.2, 0) is 11.2 Å². The van der Waals surface area contributed by atoms with Gasteiger partial charge in [0.25, 0.3) is 5.91 Å². The highest BCUT2D eigenvalue weighted by Crippen LogP contribution is 2.48. The molecule has 2 aliphatic carbocycles. The maximum atomic E-state index is 12.0. The molecule has 0 aromatic carbocycles. The van der Waals surface area contributed by atoms with E-state index in [2.05, 4.69) is 27.5 Å². The Morgan fingerprint density at radius 3 is 2.72 bits per heavy atom. The lowest BCUT2D eigenvalue weighted by atomic mass is 9.86. The summed E-state index contributed by atoms with van der Waals surface area (Å²) in [4.78, 5) is 34.8. The number of fused-ring (bicyclic) bond motifs is 3. The Bertz CT molecular complexity index is 951. The lowest BCUT2D eigenvalue weighted by Crippen LogP contribution is -2.30. The van der Waals surface area contributed by atoms with Crippen molar-refractivity contribution in [3.8, 4) is 5.88 Å². The van der Waals surface area contributed by atoms with Gasteiger partial charge in [-0.25, -0.2) is 14.8 Å². The summed E-state index contributed by atoms with van der Waals surface area (Å²) in [5.74, 6) is 1.49. The fraction of sp³-hybridized carbons (Fsp3) is 0.619. The van der Waals surface area contributed by atoms with Crippen LogP contribution >= 0.6 is 11.3 Å². The lowest BCUT2D eigenvalue weighted by Gasteiger charge is -2.28. The minimum absolute atomic E-state index is 0.206. The summed E-state index contributed by atoms with van der Waals surface area (Å²) in [5.41, 5.74) is 1.23. The second-order valence-corrected chi connectivity index (χ2v) is 9.54. The minimum atomic E-state index is -0.466. The average Bonchev–Trinajstić information content (AvgIpc) is 3.37. The SMILES string of the molecule is CCC1CCC(Oc2ncnc3sc4c(c23)[C@@H](C[C@H]2NC(=O)NC2=O)CC4)CC1. The van der Waals surface area contributed by atoms with Gasteiger partial charge in [0, 0.05) is 4.88 Å². The summed E-state index contributed by atoms with van der Waals surface area (Å²) >= 11 is 1.71. The number of rotatable bonds is 5. The Kier molecular flexibility index (Phi) is 4.89. The first-order valence-corrected chi connectivity index (χ1v) is 11.5. The van der Waals surface area contributed by atoms with Gasteiger partial charge in [0.2, 0.25) is 5.88 Å². The largest absolute Gasteiger partial charge is 0.474 e. The molecule has 154 valence electrons. The Morgan fingerprint density at radius 1 is 1.17 bits per heavy atom. The molecule has 1 saturated carbocycles. The van der Waals surface area contributed by atoms with Crippen molar-refractivity contribution in [2.45, 2.75) is 76.4 Å². The highest BCUT2D eigenvalue weighted by molar-refractivity contribution is 7.19. The van der Waals surface area contributed by atoms with Crippen molar-refractivity contribution >= 4 is 33.5 Å². The quantitative estimate of drug-likeness (QED) is 0.728. The van der Waals surface area contributed by atoms with Crippen LogP contribution < -0.4 is 15.4 Å².